The topological polar surface area (TPSA) is 75.0 Å². The molecule has 0 spiro atoms. The lowest BCUT2D eigenvalue weighted by Gasteiger charge is -2.22. The van der Waals surface area contributed by atoms with Gasteiger partial charge in [0.25, 0.3) is 0 Å². The van der Waals surface area contributed by atoms with Gasteiger partial charge in [-0.05, 0) is 62.0 Å². The van der Waals surface area contributed by atoms with E-state index in [1.165, 1.54) is 0 Å². The molecule has 37 heavy (non-hydrogen) atoms. The molecule has 1 saturated heterocycles. The molecule has 6 rings (SSSR count). The average molecular weight is 515 g/mol. The molecule has 0 unspecified atom stereocenters. The fourth-order valence-corrected chi connectivity index (χ4v) is 6.11. The number of nitrogens with one attached hydrogen (secondary N) is 1. The predicted molar refractivity (Wildman–Crippen MR) is 149 cm³/mol. The molecule has 190 valence electrons. The summed E-state index contributed by atoms with van der Waals surface area (Å²) in [6.07, 6.45) is 4.64. The van der Waals surface area contributed by atoms with Crippen molar-refractivity contribution in [3.05, 3.63) is 82.3 Å². The Hall–Kier alpha value is -3.37. The van der Waals surface area contributed by atoms with Crippen LogP contribution in [0.3, 0.4) is 0 Å². The number of fused-ring (bicyclic) bond motifs is 5. The van der Waals surface area contributed by atoms with E-state index in [1.807, 2.05) is 36.4 Å². The number of thiazole rings is 1. The highest BCUT2D eigenvalue weighted by atomic mass is 32.1. The molecule has 8 nitrogen and oxygen atoms in total. The van der Waals surface area contributed by atoms with Crippen molar-refractivity contribution >= 4 is 43.2 Å². The van der Waals surface area contributed by atoms with E-state index < -0.39 is 0 Å². The molecule has 1 fully saturated rings. The van der Waals surface area contributed by atoms with Crippen LogP contribution in [0.15, 0.2) is 65.7 Å². The summed E-state index contributed by atoms with van der Waals surface area (Å²) < 4.78 is 9.22. The lowest BCUT2D eigenvalue weighted by atomic mass is 10.2. The third kappa shape index (κ3) is 4.83. The van der Waals surface area contributed by atoms with Crippen molar-refractivity contribution in [2.45, 2.75) is 19.6 Å². The van der Waals surface area contributed by atoms with E-state index in [-0.39, 0.29) is 12.0 Å². The van der Waals surface area contributed by atoms with Crippen LogP contribution in [0.2, 0.25) is 0 Å². The number of likely N-dealkylation sites (N-methyl/N-ethyl adjacent to an activating group) is 1. The maximum atomic E-state index is 13.7. The molecule has 0 aliphatic carbocycles. The Morgan fingerprint density at radius 3 is 2.78 bits per heavy atom. The zero-order valence-electron chi connectivity index (χ0n) is 20.9. The molecule has 1 aliphatic heterocycles. The molecule has 0 radical (unpaired) electrons. The molecule has 4 aromatic heterocycles. The number of aromatic nitrogens is 3. The first-order chi connectivity index (χ1) is 18.2. The van der Waals surface area contributed by atoms with Crippen molar-refractivity contribution in [2.75, 3.05) is 44.9 Å². The Morgan fingerprint density at radius 2 is 1.89 bits per heavy atom. The van der Waals surface area contributed by atoms with Crippen molar-refractivity contribution < 1.29 is 4.74 Å². The van der Waals surface area contributed by atoms with Crippen molar-refractivity contribution in [1.29, 1.82) is 0 Å². The molecule has 1 aromatic carbocycles. The summed E-state index contributed by atoms with van der Waals surface area (Å²) in [4.78, 5) is 28.4. The van der Waals surface area contributed by atoms with Gasteiger partial charge >= 0.3 is 0 Å². The molecule has 1 N–H and O–H groups in total. The average Bonchev–Trinajstić information content (AvgIpc) is 3.18. The molecule has 0 saturated carbocycles. The highest BCUT2D eigenvalue weighted by molar-refractivity contribution is 7.24. The van der Waals surface area contributed by atoms with Crippen LogP contribution in [-0.2, 0) is 17.9 Å². The molecule has 5 aromatic rings. The van der Waals surface area contributed by atoms with Gasteiger partial charge in [0.1, 0.15) is 10.6 Å². The van der Waals surface area contributed by atoms with Gasteiger partial charge in [0.05, 0.1) is 34.5 Å². The van der Waals surface area contributed by atoms with Crippen LogP contribution in [0, 0.1) is 0 Å². The zero-order chi connectivity index (χ0) is 25.2. The third-order valence-corrected chi connectivity index (χ3v) is 8.12. The van der Waals surface area contributed by atoms with Crippen molar-refractivity contribution in [1.82, 2.24) is 24.6 Å². The number of para-hydroxylation sites is 1. The summed E-state index contributed by atoms with van der Waals surface area (Å²) in [7, 11) is 2.16. The van der Waals surface area contributed by atoms with Crippen LogP contribution in [0.4, 0.5) is 5.82 Å². The Kier molecular flexibility index (Phi) is 6.84. The lowest BCUT2D eigenvalue weighted by Crippen LogP contribution is -2.29. The van der Waals surface area contributed by atoms with Gasteiger partial charge in [-0.3, -0.25) is 19.5 Å². The zero-order valence-corrected chi connectivity index (χ0v) is 21.7. The van der Waals surface area contributed by atoms with E-state index in [4.69, 9.17) is 9.72 Å². The monoisotopic (exact) mass is 514 g/mol. The van der Waals surface area contributed by atoms with Crippen molar-refractivity contribution in [3.63, 3.8) is 0 Å². The molecule has 5 heterocycles. The smallest absolute Gasteiger partial charge is 0.198 e. The first-order valence-corrected chi connectivity index (χ1v) is 13.5. The number of nitrogens with zero attached hydrogens (tertiary/aromatic N) is 5. The highest BCUT2D eigenvalue weighted by Crippen LogP contribution is 2.31. The SMILES string of the molecule is CN1CCCN(c2ccc3c(=O)c(COCNCc4ccncc4)c4sc5ccccc5n4c3n2)CC1. The van der Waals surface area contributed by atoms with Gasteiger partial charge in [0, 0.05) is 38.6 Å². The second-order valence-electron chi connectivity index (χ2n) is 9.48. The minimum Gasteiger partial charge on any atom is -0.361 e. The molecule has 0 amide bonds. The van der Waals surface area contributed by atoms with Crippen LogP contribution < -0.4 is 15.6 Å². The maximum absolute atomic E-state index is 13.7. The first-order valence-electron chi connectivity index (χ1n) is 12.7. The first kappa shape index (κ1) is 24.0. The van der Waals surface area contributed by atoms with E-state index >= 15 is 0 Å². The van der Waals surface area contributed by atoms with E-state index in [1.54, 1.807) is 23.7 Å². The largest absolute Gasteiger partial charge is 0.361 e. The second kappa shape index (κ2) is 10.5. The van der Waals surface area contributed by atoms with E-state index in [0.717, 1.165) is 59.0 Å². The quantitative estimate of drug-likeness (QED) is 0.261. The Bertz CT molecular complexity index is 1600. The van der Waals surface area contributed by atoms with E-state index in [2.05, 4.69) is 43.7 Å². The number of anilines is 1. The van der Waals surface area contributed by atoms with Gasteiger partial charge in [0.15, 0.2) is 11.1 Å². The summed E-state index contributed by atoms with van der Waals surface area (Å²) in [6.45, 7) is 5.23. The van der Waals surface area contributed by atoms with Crippen LogP contribution in [-0.4, -0.2) is 59.2 Å². The normalized spacial score (nSPS) is 15.1. The molecule has 1 aliphatic rings. The minimum atomic E-state index is -0.00894. The summed E-state index contributed by atoms with van der Waals surface area (Å²) in [5.74, 6) is 0.926. The van der Waals surface area contributed by atoms with Crippen molar-refractivity contribution in [2.24, 2.45) is 0 Å². The van der Waals surface area contributed by atoms with Crippen LogP contribution in [0.5, 0.6) is 0 Å². The Morgan fingerprint density at radius 1 is 1.03 bits per heavy atom. The molecule has 0 atom stereocenters. The fraction of sp³-hybridized carbons (Fsp3) is 0.321. The standard InChI is InChI=1S/C28H30N6O2S/c1-32-13-4-14-33(16-15-32)25-8-7-21-26(35)22(18-36-19-30-17-20-9-11-29-12-10-20)28-34(27(21)31-25)23-5-2-3-6-24(23)37-28/h2-3,5-12,30H,4,13-19H2,1H3. The van der Waals surface area contributed by atoms with Gasteiger partial charge in [-0.15, -0.1) is 11.3 Å². The number of hydrogen-bond donors (Lipinski definition) is 1. The van der Waals surface area contributed by atoms with Crippen LogP contribution in [0.1, 0.15) is 17.5 Å². The van der Waals surface area contributed by atoms with Gasteiger partial charge in [-0.2, -0.15) is 0 Å². The predicted octanol–water partition coefficient (Wildman–Crippen LogP) is 3.86. The van der Waals surface area contributed by atoms with Gasteiger partial charge < -0.3 is 14.5 Å². The maximum Gasteiger partial charge on any atom is 0.198 e. The molecule has 0 bridgehead atoms. The number of pyridine rings is 3. The Balaban J connectivity index is 1.35. The molecular weight excluding hydrogens is 484 g/mol. The summed E-state index contributed by atoms with van der Waals surface area (Å²) in [5, 5.41) is 3.90. The molecule has 9 heteroatoms. The highest BCUT2D eigenvalue weighted by Gasteiger charge is 2.20. The number of benzene rings is 1. The summed E-state index contributed by atoms with van der Waals surface area (Å²) >= 11 is 1.62. The van der Waals surface area contributed by atoms with Gasteiger partial charge in [-0.1, -0.05) is 12.1 Å². The number of rotatable bonds is 7. The number of ether oxygens (including phenoxy) is 1. The summed E-state index contributed by atoms with van der Waals surface area (Å²) in [5.41, 5.74) is 3.57. The van der Waals surface area contributed by atoms with E-state index in [9.17, 15) is 4.79 Å². The lowest BCUT2D eigenvalue weighted by molar-refractivity contribution is 0.103. The van der Waals surface area contributed by atoms with Crippen LogP contribution >= 0.6 is 11.3 Å². The fourth-order valence-electron chi connectivity index (χ4n) is 4.94. The Labute approximate surface area is 219 Å². The second-order valence-corrected chi connectivity index (χ2v) is 10.5. The third-order valence-electron chi connectivity index (χ3n) is 6.94. The van der Waals surface area contributed by atoms with Gasteiger partial charge in [0.2, 0.25) is 0 Å². The van der Waals surface area contributed by atoms with Crippen LogP contribution in [0.25, 0.3) is 26.1 Å². The minimum absolute atomic E-state index is 0.00894. The molecular formula is C28H30N6O2S. The van der Waals surface area contributed by atoms with Gasteiger partial charge in [-0.25, -0.2) is 4.98 Å². The van der Waals surface area contributed by atoms with E-state index in [0.29, 0.717) is 29.9 Å². The van der Waals surface area contributed by atoms with Crippen molar-refractivity contribution in [3.8, 4) is 0 Å². The summed E-state index contributed by atoms with van der Waals surface area (Å²) in [6, 6.07) is 16.1. The number of hydrogen-bond acceptors (Lipinski definition) is 8.